The Morgan fingerprint density at radius 1 is 1.05 bits per heavy atom. The summed E-state index contributed by atoms with van der Waals surface area (Å²) in [5, 5.41) is 10.7. The van der Waals surface area contributed by atoms with Crippen molar-refractivity contribution in [3.05, 3.63) is 5.82 Å². The minimum absolute atomic E-state index is 0.0923. The van der Waals surface area contributed by atoms with Gasteiger partial charge in [-0.25, -0.2) is 0 Å². The first-order valence-corrected chi connectivity index (χ1v) is 5.46. The van der Waals surface area contributed by atoms with E-state index in [9.17, 15) is 26.3 Å². The normalized spacial score (nSPS) is 12.4. The number of alkyl halides is 6. The van der Waals surface area contributed by atoms with Crippen LogP contribution >= 0.6 is 0 Å². The van der Waals surface area contributed by atoms with Crippen LogP contribution < -0.4 is 10.2 Å². The SMILES string of the molecule is Cc1nc(NCC(F)(F)F)nc(N(CO)CC(F)(F)F)n1. The average Bonchev–Trinajstić information content (AvgIpc) is 2.31. The first-order chi connectivity index (χ1) is 9.50. The number of nitrogens with one attached hydrogen (secondary N) is 1. The lowest BCUT2D eigenvalue weighted by atomic mass is 10.5. The van der Waals surface area contributed by atoms with Crippen molar-refractivity contribution in [2.24, 2.45) is 0 Å². The van der Waals surface area contributed by atoms with Crippen LogP contribution in [0, 0.1) is 6.92 Å². The van der Waals surface area contributed by atoms with Gasteiger partial charge in [0.25, 0.3) is 0 Å². The van der Waals surface area contributed by atoms with E-state index in [0.717, 1.165) is 0 Å². The molecule has 1 heterocycles. The van der Waals surface area contributed by atoms with Gasteiger partial charge in [-0.05, 0) is 6.92 Å². The summed E-state index contributed by atoms with van der Waals surface area (Å²) in [6.07, 6.45) is -9.17. The van der Waals surface area contributed by atoms with Gasteiger partial charge in [-0.2, -0.15) is 41.3 Å². The number of aliphatic hydroxyl groups is 1. The zero-order chi connectivity index (χ0) is 16.3. The molecule has 1 aromatic rings. The van der Waals surface area contributed by atoms with E-state index in [1.165, 1.54) is 6.92 Å². The Bertz CT molecular complexity index is 477. The van der Waals surface area contributed by atoms with Gasteiger partial charge in [-0.1, -0.05) is 0 Å². The molecule has 0 saturated heterocycles. The van der Waals surface area contributed by atoms with Crippen LogP contribution in [0.5, 0.6) is 0 Å². The lowest BCUT2D eigenvalue weighted by molar-refractivity contribution is -0.121. The number of rotatable bonds is 5. The second-order valence-corrected chi connectivity index (χ2v) is 3.93. The lowest BCUT2D eigenvalue weighted by Gasteiger charge is -2.21. The molecule has 0 atom stereocenters. The molecule has 6 nitrogen and oxygen atoms in total. The summed E-state index contributed by atoms with van der Waals surface area (Å²) < 4.78 is 73.1. The van der Waals surface area contributed by atoms with Crippen molar-refractivity contribution in [3.8, 4) is 0 Å². The van der Waals surface area contributed by atoms with E-state index < -0.39 is 44.1 Å². The molecule has 1 aromatic heterocycles. The molecule has 120 valence electrons. The van der Waals surface area contributed by atoms with Crippen LogP contribution in [-0.4, -0.2) is 52.2 Å². The molecule has 2 N–H and O–H groups in total. The quantitative estimate of drug-likeness (QED) is 0.632. The molecule has 0 radical (unpaired) electrons. The van der Waals surface area contributed by atoms with E-state index in [1.807, 2.05) is 5.32 Å². The maximum absolute atomic E-state index is 12.3. The van der Waals surface area contributed by atoms with Gasteiger partial charge in [0.05, 0.1) is 0 Å². The van der Waals surface area contributed by atoms with Crippen molar-refractivity contribution in [2.45, 2.75) is 19.3 Å². The maximum atomic E-state index is 12.3. The molecule has 0 unspecified atom stereocenters. The van der Waals surface area contributed by atoms with Crippen LogP contribution in [0.1, 0.15) is 5.82 Å². The van der Waals surface area contributed by atoms with E-state index in [2.05, 4.69) is 15.0 Å². The molecule has 12 heteroatoms. The van der Waals surface area contributed by atoms with Gasteiger partial charge in [-0.3, -0.25) is 0 Å². The number of nitrogens with zero attached hydrogens (tertiary/aromatic N) is 4. The predicted octanol–water partition coefficient (Wildman–Crippen LogP) is 1.47. The molecule has 0 spiro atoms. The zero-order valence-corrected chi connectivity index (χ0v) is 10.6. The Balaban J connectivity index is 2.94. The van der Waals surface area contributed by atoms with Crippen molar-refractivity contribution in [1.82, 2.24) is 15.0 Å². The number of hydrogen-bond acceptors (Lipinski definition) is 6. The minimum atomic E-state index is -4.64. The minimum Gasteiger partial charge on any atom is -0.376 e. The summed E-state index contributed by atoms with van der Waals surface area (Å²) in [7, 11) is 0. The first-order valence-electron chi connectivity index (χ1n) is 5.46. The monoisotopic (exact) mass is 319 g/mol. The van der Waals surface area contributed by atoms with Crippen molar-refractivity contribution < 1.29 is 31.4 Å². The molecule has 0 aromatic carbocycles. The molecule has 1 rings (SSSR count). The third-order valence-corrected chi connectivity index (χ3v) is 2.01. The van der Waals surface area contributed by atoms with Crippen LogP contribution in [0.15, 0.2) is 0 Å². The lowest BCUT2D eigenvalue weighted by Crippen LogP contribution is -2.36. The number of aliphatic hydroxyl groups excluding tert-OH is 1. The van der Waals surface area contributed by atoms with Gasteiger partial charge >= 0.3 is 12.4 Å². The molecule has 0 aliphatic carbocycles. The highest BCUT2D eigenvalue weighted by Crippen LogP contribution is 2.20. The number of hydrogen-bond donors (Lipinski definition) is 2. The van der Waals surface area contributed by atoms with Crippen molar-refractivity contribution in [2.75, 3.05) is 30.0 Å². The van der Waals surface area contributed by atoms with E-state index in [1.54, 1.807) is 0 Å². The highest BCUT2D eigenvalue weighted by molar-refractivity contribution is 5.37. The van der Waals surface area contributed by atoms with Crippen molar-refractivity contribution in [1.29, 1.82) is 0 Å². The zero-order valence-electron chi connectivity index (χ0n) is 10.6. The highest BCUT2D eigenvalue weighted by atomic mass is 19.4. The fourth-order valence-electron chi connectivity index (χ4n) is 1.27. The Kier molecular flexibility index (Phi) is 5.15. The predicted molar refractivity (Wildman–Crippen MR) is 59.6 cm³/mol. The Hall–Kier alpha value is -1.85. The average molecular weight is 319 g/mol. The molecule has 21 heavy (non-hydrogen) atoms. The molecular weight excluding hydrogens is 308 g/mol. The fraction of sp³-hybridized carbons (Fsp3) is 0.667. The molecule has 0 aliphatic rings. The van der Waals surface area contributed by atoms with Gasteiger partial charge in [0.15, 0.2) is 0 Å². The molecule has 0 aliphatic heterocycles. The Morgan fingerprint density at radius 2 is 1.67 bits per heavy atom. The second-order valence-electron chi connectivity index (χ2n) is 3.93. The summed E-state index contributed by atoms with van der Waals surface area (Å²) in [6.45, 7) is -2.78. The number of halogens is 6. The maximum Gasteiger partial charge on any atom is 0.406 e. The van der Waals surface area contributed by atoms with Crippen LogP contribution in [0.2, 0.25) is 0 Å². The third-order valence-electron chi connectivity index (χ3n) is 2.01. The third kappa shape index (κ3) is 6.42. The van der Waals surface area contributed by atoms with Gasteiger partial charge in [0.2, 0.25) is 11.9 Å². The van der Waals surface area contributed by atoms with Gasteiger partial charge in [-0.15, -0.1) is 0 Å². The summed E-state index contributed by atoms with van der Waals surface area (Å²) in [4.78, 5) is 10.9. The Morgan fingerprint density at radius 3 is 2.14 bits per heavy atom. The van der Waals surface area contributed by atoms with Crippen molar-refractivity contribution in [3.63, 3.8) is 0 Å². The summed E-state index contributed by atoms with van der Waals surface area (Å²) >= 11 is 0. The molecule has 0 fully saturated rings. The molecule has 0 bridgehead atoms. The van der Waals surface area contributed by atoms with E-state index in [0.29, 0.717) is 4.90 Å². The summed E-state index contributed by atoms with van der Waals surface area (Å²) in [6, 6.07) is 0. The topological polar surface area (TPSA) is 74.2 Å². The summed E-state index contributed by atoms with van der Waals surface area (Å²) in [5.41, 5.74) is 0. The smallest absolute Gasteiger partial charge is 0.376 e. The fourth-order valence-corrected chi connectivity index (χ4v) is 1.27. The van der Waals surface area contributed by atoms with Gasteiger partial charge in [0.1, 0.15) is 25.6 Å². The van der Waals surface area contributed by atoms with E-state index in [4.69, 9.17) is 5.11 Å². The molecular formula is C9H11F6N5O. The Labute approximate surface area is 114 Å². The van der Waals surface area contributed by atoms with Crippen molar-refractivity contribution >= 4 is 11.9 Å². The van der Waals surface area contributed by atoms with Crippen LogP contribution in [0.25, 0.3) is 0 Å². The van der Waals surface area contributed by atoms with Crippen LogP contribution in [-0.2, 0) is 0 Å². The van der Waals surface area contributed by atoms with Crippen LogP contribution in [0.3, 0.4) is 0 Å². The number of anilines is 2. The summed E-state index contributed by atoms with van der Waals surface area (Å²) in [5.74, 6) is -1.20. The van der Waals surface area contributed by atoms with E-state index >= 15 is 0 Å². The van der Waals surface area contributed by atoms with Gasteiger partial charge < -0.3 is 15.3 Å². The standard InChI is InChI=1S/C9H11F6N5O/c1-5-17-6(16-2-8(10,11)12)19-7(18-5)20(4-21)3-9(13,14)15/h21H,2-4H2,1H3,(H,16,17,18,19). The number of aromatic nitrogens is 3. The van der Waals surface area contributed by atoms with Gasteiger partial charge in [0, 0.05) is 0 Å². The first kappa shape index (κ1) is 17.2. The largest absolute Gasteiger partial charge is 0.406 e. The molecule has 0 amide bonds. The number of aryl methyl sites for hydroxylation is 1. The highest BCUT2D eigenvalue weighted by Gasteiger charge is 2.32. The second kappa shape index (κ2) is 6.28. The molecule has 0 saturated carbocycles. The van der Waals surface area contributed by atoms with E-state index in [-0.39, 0.29) is 5.82 Å². The van der Waals surface area contributed by atoms with Crippen LogP contribution in [0.4, 0.5) is 38.2 Å².